The Labute approximate surface area is 363 Å². The summed E-state index contributed by atoms with van der Waals surface area (Å²) < 4.78 is 9.11. The molecule has 0 aliphatic heterocycles. The first-order valence-electron chi connectivity index (χ1n) is 21.6. The number of nitrogens with zero attached hydrogens (tertiary/aromatic N) is 2. The summed E-state index contributed by atoms with van der Waals surface area (Å²) in [5.41, 5.74) is 13.2. The van der Waals surface area contributed by atoms with Crippen molar-refractivity contribution in [2.45, 2.75) is 0 Å². The van der Waals surface area contributed by atoms with Crippen LogP contribution in [0.25, 0.3) is 104 Å². The third-order valence-electron chi connectivity index (χ3n) is 13.0. The zero-order valence-electron chi connectivity index (χ0n) is 34.2. The van der Waals surface area contributed by atoms with Gasteiger partial charge in [-0.2, -0.15) is 0 Å². The summed E-state index contributed by atoms with van der Waals surface area (Å²) in [6.07, 6.45) is 0. The van der Waals surface area contributed by atoms with Crippen LogP contribution < -0.4 is 4.90 Å². The molecule has 0 aliphatic rings. The van der Waals surface area contributed by atoms with Gasteiger partial charge in [0, 0.05) is 38.6 Å². The molecule has 0 fully saturated rings. The van der Waals surface area contributed by atoms with Crippen molar-refractivity contribution in [2.75, 3.05) is 4.90 Å². The molecule has 2 aromatic heterocycles. The molecule has 2 heterocycles. The van der Waals surface area contributed by atoms with Gasteiger partial charge in [-0.3, -0.25) is 0 Å². The maximum absolute atomic E-state index is 6.73. The molecule has 0 bridgehead atoms. The second-order valence-corrected chi connectivity index (χ2v) is 16.5. The number of para-hydroxylation sites is 2. The van der Waals surface area contributed by atoms with Crippen LogP contribution in [0.3, 0.4) is 0 Å². The van der Waals surface area contributed by atoms with Crippen LogP contribution in [-0.4, -0.2) is 4.57 Å². The number of fused-ring (bicyclic) bond motifs is 11. The minimum absolute atomic E-state index is 0.863. The van der Waals surface area contributed by atoms with Gasteiger partial charge >= 0.3 is 0 Å². The first-order valence-corrected chi connectivity index (χ1v) is 21.6. The van der Waals surface area contributed by atoms with Gasteiger partial charge in [-0.05, 0) is 122 Å². The van der Waals surface area contributed by atoms with Gasteiger partial charge in [-0.1, -0.05) is 158 Å². The summed E-state index contributed by atoms with van der Waals surface area (Å²) in [7, 11) is 0. The van der Waals surface area contributed by atoms with Gasteiger partial charge in [0.25, 0.3) is 0 Å². The highest BCUT2D eigenvalue weighted by Crippen LogP contribution is 2.46. The van der Waals surface area contributed by atoms with Gasteiger partial charge in [0.1, 0.15) is 11.2 Å². The van der Waals surface area contributed by atoms with E-state index in [1.165, 1.54) is 60.0 Å². The standard InChI is InChI=1S/C60H38N2O/c1-2-14-45(15-3-1)62-54-20-9-8-18-52(54)58-50(19-10-21-55(58)62)42-28-34-47(35-29-42)61(56-22-11-23-57-59(56)53-37-30-41-13-5-7-17-51(41)60(53)63-57)46-32-26-39(27-33-46)43-31-36-49-44(38-43)25-24-40-12-4-6-16-48(40)49/h1-38H. The van der Waals surface area contributed by atoms with Crippen LogP contribution in [0.2, 0.25) is 0 Å². The van der Waals surface area contributed by atoms with Crippen LogP contribution in [0.1, 0.15) is 0 Å². The second-order valence-electron chi connectivity index (χ2n) is 16.5. The van der Waals surface area contributed by atoms with Crippen LogP contribution >= 0.6 is 0 Å². The lowest BCUT2D eigenvalue weighted by atomic mass is 9.97. The molecule has 0 aliphatic carbocycles. The van der Waals surface area contributed by atoms with Crippen LogP contribution in [0.4, 0.5) is 17.1 Å². The Hall–Kier alpha value is -8.40. The number of rotatable bonds is 6. The van der Waals surface area contributed by atoms with Crippen LogP contribution in [-0.2, 0) is 0 Å². The normalized spacial score (nSPS) is 11.8. The molecule has 0 atom stereocenters. The van der Waals surface area contributed by atoms with E-state index in [1.807, 2.05) is 0 Å². The Morgan fingerprint density at radius 1 is 0.349 bits per heavy atom. The van der Waals surface area contributed by atoms with E-state index in [9.17, 15) is 0 Å². The highest BCUT2D eigenvalue weighted by molar-refractivity contribution is 6.20. The molecule has 294 valence electrons. The average molecular weight is 803 g/mol. The Morgan fingerprint density at radius 2 is 0.937 bits per heavy atom. The Kier molecular flexibility index (Phi) is 7.91. The van der Waals surface area contributed by atoms with E-state index in [0.29, 0.717) is 0 Å². The molecule has 0 unspecified atom stereocenters. The Bertz CT molecular complexity index is 3900. The van der Waals surface area contributed by atoms with E-state index in [-0.39, 0.29) is 0 Å². The fraction of sp³-hybridized carbons (Fsp3) is 0. The van der Waals surface area contributed by atoms with E-state index in [2.05, 4.69) is 240 Å². The molecule has 0 spiro atoms. The van der Waals surface area contributed by atoms with Crippen molar-refractivity contribution in [3.05, 3.63) is 231 Å². The summed E-state index contributed by atoms with van der Waals surface area (Å²) in [6, 6.07) is 83.4. The fourth-order valence-electron chi connectivity index (χ4n) is 10.0. The van der Waals surface area contributed by atoms with Crippen molar-refractivity contribution in [3.63, 3.8) is 0 Å². The number of hydrogen-bond acceptors (Lipinski definition) is 2. The van der Waals surface area contributed by atoms with Crippen molar-refractivity contribution >= 4 is 93.1 Å². The molecule has 3 nitrogen and oxygen atoms in total. The van der Waals surface area contributed by atoms with E-state index in [1.54, 1.807) is 0 Å². The maximum atomic E-state index is 6.73. The van der Waals surface area contributed by atoms with Crippen LogP contribution in [0.15, 0.2) is 235 Å². The summed E-state index contributed by atoms with van der Waals surface area (Å²) in [4.78, 5) is 2.38. The number of hydrogen-bond donors (Lipinski definition) is 0. The smallest absolute Gasteiger partial charge is 0.143 e. The molecule has 13 rings (SSSR count). The topological polar surface area (TPSA) is 21.3 Å². The lowest BCUT2D eigenvalue weighted by Crippen LogP contribution is -2.10. The predicted octanol–water partition coefficient (Wildman–Crippen LogP) is 16.9. The van der Waals surface area contributed by atoms with Crippen molar-refractivity contribution in [3.8, 4) is 27.9 Å². The summed E-state index contributed by atoms with van der Waals surface area (Å²) in [5.74, 6) is 0. The first kappa shape index (κ1) is 35.4. The zero-order valence-corrected chi connectivity index (χ0v) is 34.2. The van der Waals surface area contributed by atoms with E-state index in [0.717, 1.165) is 61.0 Å². The van der Waals surface area contributed by atoms with Gasteiger partial charge < -0.3 is 13.9 Å². The third kappa shape index (κ3) is 5.60. The van der Waals surface area contributed by atoms with Crippen molar-refractivity contribution < 1.29 is 4.42 Å². The van der Waals surface area contributed by atoms with Gasteiger partial charge in [0.05, 0.1) is 22.1 Å². The molecule has 0 amide bonds. The van der Waals surface area contributed by atoms with E-state index < -0.39 is 0 Å². The average Bonchev–Trinajstić information content (AvgIpc) is 3.92. The lowest BCUT2D eigenvalue weighted by Gasteiger charge is -2.26. The summed E-state index contributed by atoms with van der Waals surface area (Å²) in [5, 5.41) is 12.0. The molecule has 0 radical (unpaired) electrons. The fourth-order valence-corrected chi connectivity index (χ4v) is 10.0. The van der Waals surface area contributed by atoms with Crippen LogP contribution in [0.5, 0.6) is 0 Å². The molecule has 0 saturated heterocycles. The van der Waals surface area contributed by atoms with Crippen LogP contribution in [0, 0.1) is 0 Å². The minimum Gasteiger partial charge on any atom is -0.455 e. The summed E-state index contributed by atoms with van der Waals surface area (Å²) >= 11 is 0. The largest absolute Gasteiger partial charge is 0.455 e. The van der Waals surface area contributed by atoms with Crippen molar-refractivity contribution in [1.29, 1.82) is 0 Å². The number of benzene rings is 11. The molecule has 0 saturated carbocycles. The maximum Gasteiger partial charge on any atom is 0.143 e. The first-order chi connectivity index (χ1) is 31.2. The van der Waals surface area contributed by atoms with Gasteiger partial charge in [0.2, 0.25) is 0 Å². The second kappa shape index (κ2) is 14.1. The van der Waals surface area contributed by atoms with Gasteiger partial charge in [0.15, 0.2) is 0 Å². The third-order valence-corrected chi connectivity index (χ3v) is 13.0. The number of aromatic nitrogens is 1. The minimum atomic E-state index is 0.863. The predicted molar refractivity (Wildman–Crippen MR) is 266 cm³/mol. The highest BCUT2D eigenvalue weighted by atomic mass is 16.3. The van der Waals surface area contributed by atoms with Gasteiger partial charge in [-0.25, -0.2) is 0 Å². The number of furan rings is 1. The van der Waals surface area contributed by atoms with E-state index in [4.69, 9.17) is 4.42 Å². The molecular formula is C60H38N2O. The molecule has 11 aromatic carbocycles. The summed E-state index contributed by atoms with van der Waals surface area (Å²) in [6.45, 7) is 0. The Morgan fingerprint density at radius 3 is 1.75 bits per heavy atom. The highest BCUT2D eigenvalue weighted by Gasteiger charge is 2.22. The van der Waals surface area contributed by atoms with Crippen molar-refractivity contribution in [1.82, 2.24) is 4.57 Å². The molecule has 63 heavy (non-hydrogen) atoms. The molecule has 3 heteroatoms. The zero-order chi connectivity index (χ0) is 41.4. The van der Waals surface area contributed by atoms with Gasteiger partial charge in [-0.15, -0.1) is 0 Å². The monoisotopic (exact) mass is 802 g/mol. The molecule has 13 aromatic rings. The molecule has 0 N–H and O–H groups in total. The lowest BCUT2D eigenvalue weighted by molar-refractivity contribution is 0.672. The Balaban J connectivity index is 0.966. The molecular weight excluding hydrogens is 765 g/mol. The quantitative estimate of drug-likeness (QED) is 0.156. The number of anilines is 3. The van der Waals surface area contributed by atoms with Crippen molar-refractivity contribution in [2.24, 2.45) is 0 Å². The SMILES string of the molecule is c1ccc(-n2c3ccccc3c3c(-c4ccc(N(c5ccc(-c6ccc7c(ccc8ccccc87)c6)cc5)c5cccc6oc7c8ccccc8ccc7c56)cc4)cccc32)cc1. The van der Waals surface area contributed by atoms with E-state index >= 15 is 0 Å².